The van der Waals surface area contributed by atoms with E-state index < -0.39 is 11.1 Å². The zero-order valence-corrected chi connectivity index (χ0v) is 27.6. The van der Waals surface area contributed by atoms with Gasteiger partial charge in [-0.05, 0) is 114 Å². The third kappa shape index (κ3) is 13.0. The van der Waals surface area contributed by atoms with Gasteiger partial charge in [-0.3, -0.25) is 9.59 Å². The zero-order valence-electron chi connectivity index (χ0n) is 26.8. The van der Waals surface area contributed by atoms with E-state index in [2.05, 4.69) is 30.7 Å². The van der Waals surface area contributed by atoms with Gasteiger partial charge in [0.15, 0.2) is 0 Å². The predicted octanol–water partition coefficient (Wildman–Crippen LogP) is 11.2. The van der Waals surface area contributed by atoms with E-state index in [0.717, 1.165) is 28.3 Å². The van der Waals surface area contributed by atoms with Gasteiger partial charge >= 0.3 is 0 Å². The molecule has 0 aliphatic heterocycles. The fourth-order valence-corrected chi connectivity index (χ4v) is 4.01. The second kappa shape index (κ2) is 20.0. The van der Waals surface area contributed by atoms with Crippen molar-refractivity contribution in [3.05, 3.63) is 180 Å². The standard InChI is InChI=1S/C13H9ClN2O.C13H11N3O.C13H13N3/c2*14-13(17)10-6-8-12(9-7-10)16-15-11-4-2-1-3-5-11;14-10-11-6-8-13(9-7-11)16-15-12-4-2-1-3-5-12/h1-9H;1-9H,(H2,14,17);1-9H,10,14H2. The summed E-state index contributed by atoms with van der Waals surface area (Å²) in [6, 6.07) is 49.5. The molecule has 4 N–H and O–H groups in total. The van der Waals surface area contributed by atoms with Crippen molar-refractivity contribution in [3.8, 4) is 0 Å². The summed E-state index contributed by atoms with van der Waals surface area (Å²) >= 11 is 5.34. The number of nitrogens with two attached hydrogens (primary N) is 2. The van der Waals surface area contributed by atoms with Gasteiger partial charge in [-0.25, -0.2) is 0 Å². The number of primary amides is 1. The van der Waals surface area contributed by atoms with Gasteiger partial charge in [0.05, 0.1) is 34.1 Å². The highest BCUT2D eigenvalue weighted by Gasteiger charge is 2.00. The molecule has 6 aromatic carbocycles. The summed E-state index contributed by atoms with van der Waals surface area (Å²) < 4.78 is 0. The van der Waals surface area contributed by atoms with Crippen LogP contribution in [0.15, 0.2) is 194 Å². The monoisotopic (exact) mass is 680 g/mol. The lowest BCUT2D eigenvalue weighted by Crippen LogP contribution is -2.10. The van der Waals surface area contributed by atoms with Crippen molar-refractivity contribution in [2.45, 2.75) is 6.54 Å². The molecule has 0 heterocycles. The Morgan fingerprint density at radius 3 is 0.980 bits per heavy atom. The Kier molecular flexibility index (Phi) is 14.5. The molecule has 6 aromatic rings. The van der Waals surface area contributed by atoms with Gasteiger partial charge in [-0.15, -0.1) is 0 Å². The molecule has 11 heteroatoms. The summed E-state index contributed by atoms with van der Waals surface area (Å²) in [6.07, 6.45) is 0. The van der Waals surface area contributed by atoms with Crippen LogP contribution in [0.4, 0.5) is 34.1 Å². The first-order chi connectivity index (χ1) is 24.4. The summed E-state index contributed by atoms with van der Waals surface area (Å²) in [7, 11) is 0. The molecule has 50 heavy (non-hydrogen) atoms. The molecule has 0 atom stereocenters. The van der Waals surface area contributed by atoms with E-state index in [-0.39, 0.29) is 0 Å². The van der Waals surface area contributed by atoms with Crippen LogP contribution in [0.3, 0.4) is 0 Å². The lowest BCUT2D eigenvalue weighted by atomic mass is 10.2. The molecular formula is C39H33ClN8O2. The molecule has 6 rings (SSSR count). The molecule has 0 radical (unpaired) electrons. The fourth-order valence-electron chi connectivity index (χ4n) is 3.88. The number of nitrogens with zero attached hydrogens (tertiary/aromatic N) is 6. The van der Waals surface area contributed by atoms with Crippen molar-refractivity contribution in [1.82, 2.24) is 0 Å². The van der Waals surface area contributed by atoms with Gasteiger partial charge in [0.1, 0.15) is 0 Å². The van der Waals surface area contributed by atoms with E-state index in [0.29, 0.717) is 29.0 Å². The van der Waals surface area contributed by atoms with Gasteiger partial charge in [-0.1, -0.05) is 66.7 Å². The van der Waals surface area contributed by atoms with Gasteiger partial charge in [0, 0.05) is 17.7 Å². The van der Waals surface area contributed by atoms with Crippen LogP contribution in [0.2, 0.25) is 0 Å². The van der Waals surface area contributed by atoms with Crippen molar-refractivity contribution in [2.24, 2.45) is 42.2 Å². The van der Waals surface area contributed by atoms with Crippen LogP contribution < -0.4 is 11.5 Å². The molecule has 0 saturated heterocycles. The first-order valence-electron chi connectivity index (χ1n) is 15.3. The van der Waals surface area contributed by atoms with Gasteiger partial charge in [-0.2, -0.15) is 30.7 Å². The van der Waals surface area contributed by atoms with Crippen LogP contribution in [-0.2, 0) is 6.54 Å². The van der Waals surface area contributed by atoms with Crippen LogP contribution >= 0.6 is 11.6 Å². The van der Waals surface area contributed by atoms with Gasteiger partial charge < -0.3 is 11.5 Å². The van der Waals surface area contributed by atoms with E-state index >= 15 is 0 Å². The minimum Gasteiger partial charge on any atom is -0.366 e. The molecule has 0 spiro atoms. The Hall–Kier alpha value is -6.49. The van der Waals surface area contributed by atoms with Crippen molar-refractivity contribution in [2.75, 3.05) is 0 Å². The molecule has 1 amide bonds. The Morgan fingerprint density at radius 2 is 0.700 bits per heavy atom. The van der Waals surface area contributed by atoms with Crippen LogP contribution in [0.1, 0.15) is 26.3 Å². The first kappa shape index (κ1) is 36.3. The van der Waals surface area contributed by atoms with Gasteiger partial charge in [0.25, 0.3) is 5.24 Å². The van der Waals surface area contributed by atoms with Crippen molar-refractivity contribution < 1.29 is 9.59 Å². The quantitative estimate of drug-likeness (QED) is 0.115. The number of hydrogen-bond acceptors (Lipinski definition) is 9. The SMILES string of the molecule is NC(=O)c1ccc(N=Nc2ccccc2)cc1.NCc1ccc(N=Nc2ccccc2)cc1.O=C(Cl)c1ccc(N=Nc2ccccc2)cc1. The minimum atomic E-state index is -0.475. The molecule has 0 aliphatic carbocycles. The lowest BCUT2D eigenvalue weighted by molar-refractivity contribution is 0.0999. The Labute approximate surface area is 294 Å². The number of rotatable bonds is 9. The predicted molar refractivity (Wildman–Crippen MR) is 198 cm³/mol. The normalized spacial score (nSPS) is 10.7. The molecule has 0 aromatic heterocycles. The Morgan fingerprint density at radius 1 is 0.420 bits per heavy atom. The van der Waals surface area contributed by atoms with Crippen LogP contribution in [0.25, 0.3) is 0 Å². The fraction of sp³-hybridized carbons (Fsp3) is 0.0256. The van der Waals surface area contributed by atoms with Crippen molar-refractivity contribution in [3.63, 3.8) is 0 Å². The summed E-state index contributed by atoms with van der Waals surface area (Å²) in [5.41, 5.74) is 17.3. The average Bonchev–Trinajstić information content (AvgIpc) is 3.18. The number of azo groups is 3. The maximum Gasteiger partial charge on any atom is 0.252 e. The minimum absolute atomic E-state index is 0.448. The van der Waals surface area contributed by atoms with Gasteiger partial charge in [0.2, 0.25) is 5.91 Å². The highest BCUT2D eigenvalue weighted by molar-refractivity contribution is 6.67. The highest BCUT2D eigenvalue weighted by Crippen LogP contribution is 2.20. The summed E-state index contributed by atoms with van der Waals surface area (Å²) in [6.45, 7) is 0.552. The topological polar surface area (TPSA) is 160 Å². The number of carbonyl (C=O) groups is 2. The number of halogens is 1. The van der Waals surface area contributed by atoms with E-state index in [1.807, 2.05) is 115 Å². The smallest absolute Gasteiger partial charge is 0.252 e. The van der Waals surface area contributed by atoms with E-state index in [1.54, 1.807) is 48.5 Å². The van der Waals surface area contributed by atoms with Crippen LogP contribution in [0.5, 0.6) is 0 Å². The molecule has 248 valence electrons. The van der Waals surface area contributed by atoms with E-state index in [1.165, 1.54) is 0 Å². The molecule has 10 nitrogen and oxygen atoms in total. The van der Waals surface area contributed by atoms with E-state index in [4.69, 9.17) is 23.1 Å². The lowest BCUT2D eigenvalue weighted by Gasteiger charge is -1.96. The maximum atomic E-state index is 10.9. The third-order valence-corrected chi connectivity index (χ3v) is 6.75. The van der Waals surface area contributed by atoms with Crippen LogP contribution in [0, 0.1) is 0 Å². The molecule has 0 saturated carbocycles. The number of hydrogen-bond donors (Lipinski definition) is 2. The first-order valence-corrected chi connectivity index (χ1v) is 15.7. The number of amides is 1. The second-order valence-electron chi connectivity index (χ2n) is 10.2. The second-order valence-corrected chi connectivity index (χ2v) is 10.6. The third-order valence-electron chi connectivity index (χ3n) is 6.53. The molecule has 0 bridgehead atoms. The maximum absolute atomic E-state index is 10.9. The highest BCUT2D eigenvalue weighted by atomic mass is 35.5. The summed E-state index contributed by atoms with van der Waals surface area (Å²) in [4.78, 5) is 21.7. The number of benzene rings is 6. The van der Waals surface area contributed by atoms with E-state index in [9.17, 15) is 9.59 Å². The van der Waals surface area contributed by atoms with Crippen molar-refractivity contribution in [1.29, 1.82) is 0 Å². The molecule has 0 unspecified atom stereocenters. The number of carbonyl (C=O) groups excluding carboxylic acids is 2. The zero-order chi connectivity index (χ0) is 35.4. The van der Waals surface area contributed by atoms with Crippen LogP contribution in [-0.4, -0.2) is 11.1 Å². The largest absolute Gasteiger partial charge is 0.366 e. The summed E-state index contributed by atoms with van der Waals surface area (Å²) in [5, 5.41) is 24.0. The Bertz CT molecular complexity index is 1900. The molecule has 0 aliphatic rings. The average molecular weight is 681 g/mol. The Balaban J connectivity index is 0.000000169. The molecular weight excluding hydrogens is 648 g/mol. The molecule has 0 fully saturated rings. The van der Waals surface area contributed by atoms with Crippen molar-refractivity contribution >= 4 is 56.9 Å². The summed E-state index contributed by atoms with van der Waals surface area (Å²) in [5.74, 6) is -0.448.